The highest BCUT2D eigenvalue weighted by molar-refractivity contribution is 6.30. The molecule has 8 heteroatoms. The Hall–Kier alpha value is -1.86. The fraction of sp³-hybridized carbons (Fsp3) is 0.611. The van der Waals surface area contributed by atoms with E-state index in [1.54, 1.807) is 46.0 Å². The van der Waals surface area contributed by atoms with Crippen molar-refractivity contribution in [1.29, 1.82) is 0 Å². The lowest BCUT2D eigenvalue weighted by molar-refractivity contribution is -0.145. The molecule has 1 N–H and O–H groups in total. The van der Waals surface area contributed by atoms with Crippen LogP contribution in [0.1, 0.15) is 45.9 Å². The molecule has 0 fully saturated rings. The molecule has 1 amide bonds. The standard InChI is InChI=1S/C18H28ClN3O4/c1-12(16(23)25-6)22(5)10-8-14(15-11-13(19)7-9-20-15)21-17(24)26-18(2,3)4/h7,9,11-12,14H,8,10H2,1-6H3,(H,21,24)/t12-,14-/m0/s1. The van der Waals surface area contributed by atoms with Gasteiger partial charge in [0.1, 0.15) is 11.6 Å². The van der Waals surface area contributed by atoms with Crippen LogP contribution in [0.25, 0.3) is 0 Å². The molecule has 0 bridgehead atoms. The minimum atomic E-state index is -0.605. The number of esters is 1. The van der Waals surface area contributed by atoms with E-state index in [2.05, 4.69) is 10.3 Å². The van der Waals surface area contributed by atoms with E-state index in [0.717, 1.165) is 0 Å². The minimum absolute atomic E-state index is 0.315. The Morgan fingerprint density at radius 3 is 2.58 bits per heavy atom. The van der Waals surface area contributed by atoms with Crippen LogP contribution >= 0.6 is 11.6 Å². The number of nitrogens with zero attached hydrogens (tertiary/aromatic N) is 2. The first-order valence-electron chi connectivity index (χ1n) is 8.42. The van der Waals surface area contributed by atoms with E-state index in [9.17, 15) is 9.59 Å². The molecule has 0 radical (unpaired) electrons. The number of ether oxygens (including phenoxy) is 2. The molecular weight excluding hydrogens is 358 g/mol. The number of nitrogens with one attached hydrogen (secondary N) is 1. The number of alkyl carbamates (subject to hydrolysis) is 1. The van der Waals surface area contributed by atoms with Crippen LogP contribution in [0.5, 0.6) is 0 Å². The average Bonchev–Trinajstić information content (AvgIpc) is 2.55. The van der Waals surface area contributed by atoms with Gasteiger partial charge in [0.05, 0.1) is 18.8 Å². The number of pyridine rings is 1. The summed E-state index contributed by atoms with van der Waals surface area (Å²) in [5.41, 5.74) is 0.0227. The van der Waals surface area contributed by atoms with E-state index in [1.807, 2.05) is 11.9 Å². The number of amides is 1. The summed E-state index contributed by atoms with van der Waals surface area (Å²) >= 11 is 6.05. The summed E-state index contributed by atoms with van der Waals surface area (Å²) in [5, 5.41) is 3.36. The van der Waals surface area contributed by atoms with E-state index >= 15 is 0 Å². The average molecular weight is 386 g/mol. The van der Waals surface area contributed by atoms with Crippen molar-refractivity contribution in [2.75, 3.05) is 20.7 Å². The Kier molecular flexibility index (Phi) is 8.30. The summed E-state index contributed by atoms with van der Waals surface area (Å²) in [7, 11) is 3.17. The van der Waals surface area contributed by atoms with Crippen LogP contribution in [0.2, 0.25) is 5.02 Å². The molecule has 0 aliphatic heterocycles. The lowest BCUT2D eigenvalue weighted by Gasteiger charge is -2.27. The molecule has 0 aliphatic rings. The van der Waals surface area contributed by atoms with Gasteiger partial charge in [-0.3, -0.25) is 14.7 Å². The van der Waals surface area contributed by atoms with Gasteiger partial charge in [-0.05, 0) is 53.3 Å². The number of carbonyl (C=O) groups excluding carboxylic acids is 2. The Morgan fingerprint density at radius 2 is 2.04 bits per heavy atom. The predicted molar refractivity (Wildman–Crippen MR) is 100 cm³/mol. The molecule has 26 heavy (non-hydrogen) atoms. The molecule has 1 aromatic rings. The zero-order valence-electron chi connectivity index (χ0n) is 16.2. The van der Waals surface area contributed by atoms with E-state index < -0.39 is 23.8 Å². The number of methoxy groups -OCH3 is 1. The molecule has 0 spiro atoms. The van der Waals surface area contributed by atoms with Crippen LogP contribution < -0.4 is 5.32 Å². The summed E-state index contributed by atoms with van der Waals surface area (Å²) in [6, 6.07) is 2.57. The molecule has 0 unspecified atom stereocenters. The van der Waals surface area contributed by atoms with Gasteiger partial charge in [-0.25, -0.2) is 4.79 Å². The van der Waals surface area contributed by atoms with E-state index in [4.69, 9.17) is 21.1 Å². The van der Waals surface area contributed by atoms with Crippen molar-refractivity contribution in [3.8, 4) is 0 Å². The molecule has 0 aromatic carbocycles. The molecule has 7 nitrogen and oxygen atoms in total. The molecule has 0 saturated carbocycles. The SMILES string of the molecule is COC(=O)[C@H](C)N(C)CC[C@H](NC(=O)OC(C)(C)C)c1cc(Cl)ccn1. The van der Waals surface area contributed by atoms with Crippen molar-refractivity contribution < 1.29 is 19.1 Å². The molecule has 0 aliphatic carbocycles. The fourth-order valence-electron chi connectivity index (χ4n) is 2.23. The van der Waals surface area contributed by atoms with Crippen LogP contribution in [0, 0.1) is 0 Å². The molecule has 1 rings (SSSR count). The van der Waals surface area contributed by atoms with E-state index in [1.165, 1.54) is 7.11 Å². The number of hydrogen-bond donors (Lipinski definition) is 1. The fourth-order valence-corrected chi connectivity index (χ4v) is 2.40. The smallest absolute Gasteiger partial charge is 0.408 e. The van der Waals surface area contributed by atoms with Gasteiger partial charge in [0.2, 0.25) is 0 Å². The maximum Gasteiger partial charge on any atom is 0.408 e. The summed E-state index contributed by atoms with van der Waals surface area (Å²) in [6.07, 6.45) is 1.57. The van der Waals surface area contributed by atoms with Gasteiger partial charge in [-0.15, -0.1) is 0 Å². The molecule has 1 heterocycles. The number of rotatable bonds is 7. The Morgan fingerprint density at radius 1 is 1.38 bits per heavy atom. The lowest BCUT2D eigenvalue weighted by Crippen LogP contribution is -2.40. The van der Waals surface area contributed by atoms with Gasteiger partial charge >= 0.3 is 12.1 Å². The number of carbonyl (C=O) groups is 2. The van der Waals surface area contributed by atoms with Gasteiger partial charge in [0.15, 0.2) is 0 Å². The molecule has 0 saturated heterocycles. The number of hydrogen-bond acceptors (Lipinski definition) is 6. The van der Waals surface area contributed by atoms with Crippen LogP contribution in [-0.4, -0.2) is 54.3 Å². The monoisotopic (exact) mass is 385 g/mol. The van der Waals surface area contributed by atoms with Crippen LogP contribution in [0.3, 0.4) is 0 Å². The van der Waals surface area contributed by atoms with Crippen molar-refractivity contribution in [3.05, 3.63) is 29.0 Å². The van der Waals surface area contributed by atoms with Crippen molar-refractivity contribution in [3.63, 3.8) is 0 Å². The maximum atomic E-state index is 12.2. The third-order valence-electron chi connectivity index (χ3n) is 3.77. The second kappa shape index (κ2) is 9.73. The number of halogens is 1. The number of aromatic nitrogens is 1. The zero-order valence-corrected chi connectivity index (χ0v) is 17.0. The third-order valence-corrected chi connectivity index (χ3v) is 4.00. The largest absolute Gasteiger partial charge is 0.468 e. The van der Waals surface area contributed by atoms with Crippen molar-refractivity contribution in [2.45, 2.75) is 51.8 Å². The van der Waals surface area contributed by atoms with Gasteiger partial charge in [0, 0.05) is 17.8 Å². The molecule has 146 valence electrons. The van der Waals surface area contributed by atoms with Crippen LogP contribution in [0.15, 0.2) is 18.3 Å². The normalized spacial score (nSPS) is 13.8. The quantitative estimate of drug-likeness (QED) is 0.726. The third kappa shape index (κ3) is 7.58. The van der Waals surface area contributed by atoms with Crippen LogP contribution in [-0.2, 0) is 14.3 Å². The topological polar surface area (TPSA) is 80.8 Å². The minimum Gasteiger partial charge on any atom is -0.468 e. The first kappa shape index (κ1) is 22.2. The van der Waals surface area contributed by atoms with Crippen molar-refractivity contribution in [2.24, 2.45) is 0 Å². The highest BCUT2D eigenvalue weighted by atomic mass is 35.5. The maximum absolute atomic E-state index is 12.2. The zero-order chi connectivity index (χ0) is 19.9. The highest BCUT2D eigenvalue weighted by Gasteiger charge is 2.24. The van der Waals surface area contributed by atoms with Gasteiger partial charge in [-0.1, -0.05) is 11.6 Å². The molecular formula is C18H28ClN3O4. The first-order valence-corrected chi connectivity index (χ1v) is 8.80. The summed E-state index contributed by atoms with van der Waals surface area (Å²) < 4.78 is 10.1. The first-order chi connectivity index (χ1) is 12.0. The predicted octanol–water partition coefficient (Wildman–Crippen LogP) is 3.18. The van der Waals surface area contributed by atoms with E-state index in [0.29, 0.717) is 23.7 Å². The molecule has 1 aromatic heterocycles. The van der Waals surface area contributed by atoms with Gasteiger partial charge < -0.3 is 14.8 Å². The summed E-state index contributed by atoms with van der Waals surface area (Å²) in [4.78, 5) is 30.0. The summed E-state index contributed by atoms with van der Waals surface area (Å²) in [6.45, 7) is 7.69. The van der Waals surface area contributed by atoms with Crippen molar-refractivity contribution >= 4 is 23.7 Å². The van der Waals surface area contributed by atoms with Gasteiger partial charge in [-0.2, -0.15) is 0 Å². The number of likely N-dealkylation sites (N-methyl/N-ethyl adjacent to an activating group) is 1. The summed E-state index contributed by atoms with van der Waals surface area (Å²) in [5.74, 6) is -0.315. The van der Waals surface area contributed by atoms with Gasteiger partial charge in [0.25, 0.3) is 0 Å². The second-order valence-electron chi connectivity index (χ2n) is 7.07. The lowest BCUT2D eigenvalue weighted by atomic mass is 10.1. The van der Waals surface area contributed by atoms with Crippen LogP contribution in [0.4, 0.5) is 4.79 Å². The Labute approximate surface area is 160 Å². The van der Waals surface area contributed by atoms with Crippen molar-refractivity contribution in [1.82, 2.24) is 15.2 Å². The Balaban J connectivity index is 2.84. The highest BCUT2D eigenvalue weighted by Crippen LogP contribution is 2.20. The Bertz CT molecular complexity index is 619. The molecule has 2 atom stereocenters. The second-order valence-corrected chi connectivity index (χ2v) is 7.50. The van der Waals surface area contributed by atoms with E-state index in [-0.39, 0.29) is 5.97 Å².